The highest BCUT2D eigenvalue weighted by Crippen LogP contribution is 2.26. The van der Waals surface area contributed by atoms with Crippen LogP contribution < -0.4 is 5.32 Å². The highest BCUT2D eigenvalue weighted by molar-refractivity contribution is 5.94. The molecular formula is C16H13N5. The van der Waals surface area contributed by atoms with Crippen LogP contribution in [0.2, 0.25) is 0 Å². The largest absolute Gasteiger partial charge is 0.338 e. The van der Waals surface area contributed by atoms with Crippen LogP contribution in [0.3, 0.4) is 0 Å². The molecule has 0 aliphatic carbocycles. The van der Waals surface area contributed by atoms with Gasteiger partial charge in [0.25, 0.3) is 0 Å². The second-order valence-electron chi connectivity index (χ2n) is 4.98. The summed E-state index contributed by atoms with van der Waals surface area (Å²) in [7, 11) is 0. The van der Waals surface area contributed by atoms with Gasteiger partial charge in [-0.15, -0.1) is 5.10 Å². The van der Waals surface area contributed by atoms with E-state index in [0.717, 1.165) is 38.9 Å². The fourth-order valence-corrected chi connectivity index (χ4v) is 2.49. The summed E-state index contributed by atoms with van der Waals surface area (Å²) in [4.78, 5) is 0. The number of fused-ring (bicyclic) bond motifs is 2. The second kappa shape index (κ2) is 4.56. The summed E-state index contributed by atoms with van der Waals surface area (Å²) < 4.78 is 0. The third-order valence-electron chi connectivity index (χ3n) is 3.57. The SMILES string of the molecule is Cc1nnc(Nc2ccc3[nH]ncc3c2)c2ccccc12. The van der Waals surface area contributed by atoms with Crippen LogP contribution in [0.5, 0.6) is 0 Å². The molecule has 0 fully saturated rings. The molecular weight excluding hydrogens is 262 g/mol. The Morgan fingerprint density at radius 3 is 2.76 bits per heavy atom. The summed E-state index contributed by atoms with van der Waals surface area (Å²) in [5, 5.41) is 22.1. The van der Waals surface area contributed by atoms with E-state index in [2.05, 4.69) is 37.8 Å². The van der Waals surface area contributed by atoms with Crippen LogP contribution in [0, 0.1) is 6.92 Å². The molecule has 2 N–H and O–H groups in total. The van der Waals surface area contributed by atoms with Crippen LogP contribution in [-0.2, 0) is 0 Å². The maximum absolute atomic E-state index is 4.28. The first-order valence-corrected chi connectivity index (χ1v) is 6.73. The van der Waals surface area contributed by atoms with Gasteiger partial charge in [-0.2, -0.15) is 10.2 Å². The maximum atomic E-state index is 4.28. The fraction of sp³-hybridized carbons (Fsp3) is 0.0625. The van der Waals surface area contributed by atoms with Gasteiger partial charge >= 0.3 is 0 Å². The van der Waals surface area contributed by atoms with Crippen LogP contribution in [-0.4, -0.2) is 20.4 Å². The lowest BCUT2D eigenvalue weighted by Gasteiger charge is -2.09. The summed E-state index contributed by atoms with van der Waals surface area (Å²) in [5.41, 5.74) is 2.91. The van der Waals surface area contributed by atoms with E-state index >= 15 is 0 Å². The van der Waals surface area contributed by atoms with Crippen LogP contribution in [0.4, 0.5) is 11.5 Å². The quantitative estimate of drug-likeness (QED) is 0.587. The molecule has 2 aromatic carbocycles. The van der Waals surface area contributed by atoms with Crippen LogP contribution in [0.15, 0.2) is 48.7 Å². The number of benzene rings is 2. The Morgan fingerprint density at radius 2 is 1.86 bits per heavy atom. The first-order valence-electron chi connectivity index (χ1n) is 6.73. The summed E-state index contributed by atoms with van der Waals surface area (Å²) >= 11 is 0. The van der Waals surface area contributed by atoms with Gasteiger partial charge in [0.1, 0.15) is 0 Å². The highest BCUT2D eigenvalue weighted by Gasteiger charge is 2.07. The molecule has 0 aliphatic heterocycles. The summed E-state index contributed by atoms with van der Waals surface area (Å²) in [6, 6.07) is 14.2. The molecule has 0 radical (unpaired) electrons. The van der Waals surface area contributed by atoms with Gasteiger partial charge in [0.05, 0.1) is 17.4 Å². The third-order valence-corrected chi connectivity index (χ3v) is 3.57. The molecule has 2 aromatic heterocycles. The van der Waals surface area contributed by atoms with E-state index in [1.165, 1.54) is 0 Å². The number of nitrogens with one attached hydrogen (secondary N) is 2. The molecule has 0 aliphatic rings. The zero-order valence-corrected chi connectivity index (χ0v) is 11.5. The summed E-state index contributed by atoms with van der Waals surface area (Å²) in [6.45, 7) is 1.97. The van der Waals surface area contributed by atoms with E-state index in [-0.39, 0.29) is 0 Å². The molecule has 5 heteroatoms. The van der Waals surface area contributed by atoms with E-state index < -0.39 is 0 Å². The van der Waals surface area contributed by atoms with Crippen LogP contribution in [0.1, 0.15) is 5.69 Å². The van der Waals surface area contributed by atoms with E-state index in [1.54, 1.807) is 6.20 Å². The number of H-pyrrole nitrogens is 1. The van der Waals surface area contributed by atoms with E-state index in [4.69, 9.17) is 0 Å². The fourth-order valence-electron chi connectivity index (χ4n) is 2.49. The lowest BCUT2D eigenvalue weighted by molar-refractivity contribution is 1.01. The van der Waals surface area contributed by atoms with Crippen LogP contribution >= 0.6 is 0 Å². The van der Waals surface area contributed by atoms with Gasteiger partial charge in [-0.25, -0.2) is 0 Å². The predicted molar refractivity (Wildman–Crippen MR) is 83.7 cm³/mol. The molecule has 102 valence electrons. The lowest BCUT2D eigenvalue weighted by Crippen LogP contribution is -1.98. The van der Waals surface area contributed by atoms with Gasteiger partial charge in [0.15, 0.2) is 5.82 Å². The predicted octanol–water partition coefficient (Wildman–Crippen LogP) is 3.56. The van der Waals surface area contributed by atoms with Gasteiger partial charge in [0, 0.05) is 21.8 Å². The highest BCUT2D eigenvalue weighted by atomic mass is 15.2. The number of hydrogen-bond acceptors (Lipinski definition) is 4. The van der Waals surface area contributed by atoms with Crippen LogP contribution in [0.25, 0.3) is 21.7 Å². The Morgan fingerprint density at radius 1 is 1.00 bits per heavy atom. The molecule has 21 heavy (non-hydrogen) atoms. The Kier molecular flexibility index (Phi) is 2.57. The number of aromatic amines is 1. The smallest absolute Gasteiger partial charge is 0.160 e. The number of aryl methyl sites for hydroxylation is 1. The molecule has 0 spiro atoms. The van der Waals surface area contributed by atoms with E-state index in [9.17, 15) is 0 Å². The number of hydrogen-bond donors (Lipinski definition) is 2. The molecule has 5 nitrogen and oxygen atoms in total. The third kappa shape index (κ3) is 1.99. The normalized spacial score (nSPS) is 11.1. The molecule has 0 amide bonds. The van der Waals surface area contributed by atoms with Gasteiger partial charge < -0.3 is 5.32 Å². The van der Waals surface area contributed by atoms with E-state index in [1.807, 2.05) is 37.3 Å². The topological polar surface area (TPSA) is 66.5 Å². The summed E-state index contributed by atoms with van der Waals surface area (Å²) in [6.07, 6.45) is 1.81. The average molecular weight is 275 g/mol. The Hall–Kier alpha value is -2.95. The van der Waals surface area contributed by atoms with Crippen molar-refractivity contribution in [1.29, 1.82) is 0 Å². The van der Waals surface area contributed by atoms with Crippen molar-refractivity contribution in [3.8, 4) is 0 Å². The van der Waals surface area contributed by atoms with Crippen molar-refractivity contribution in [1.82, 2.24) is 20.4 Å². The number of aromatic nitrogens is 4. The minimum absolute atomic E-state index is 0.763. The maximum Gasteiger partial charge on any atom is 0.160 e. The molecule has 0 saturated carbocycles. The Balaban J connectivity index is 1.81. The van der Waals surface area contributed by atoms with Gasteiger partial charge in [-0.1, -0.05) is 24.3 Å². The molecule has 2 heterocycles. The minimum Gasteiger partial charge on any atom is -0.338 e. The first-order chi connectivity index (χ1) is 10.3. The van der Waals surface area contributed by atoms with Crippen molar-refractivity contribution < 1.29 is 0 Å². The molecule has 4 aromatic rings. The minimum atomic E-state index is 0.763. The van der Waals surface area contributed by atoms with E-state index in [0.29, 0.717) is 0 Å². The van der Waals surface area contributed by atoms with Gasteiger partial charge in [-0.05, 0) is 25.1 Å². The molecule has 0 unspecified atom stereocenters. The van der Waals surface area contributed by atoms with Crippen molar-refractivity contribution in [3.05, 3.63) is 54.4 Å². The standard InChI is InChI=1S/C16H13N5/c1-10-13-4-2-3-5-14(13)16(21-19-10)18-12-6-7-15-11(8-12)9-17-20-15/h2-9H,1H3,(H,17,20)(H,18,21). The summed E-state index contributed by atoms with van der Waals surface area (Å²) in [5.74, 6) is 0.763. The van der Waals surface area contributed by atoms with Crippen molar-refractivity contribution in [2.45, 2.75) is 6.92 Å². The molecule has 0 atom stereocenters. The Labute approximate surface area is 121 Å². The molecule has 4 rings (SSSR count). The molecule has 0 bridgehead atoms. The lowest BCUT2D eigenvalue weighted by atomic mass is 10.1. The van der Waals surface area contributed by atoms with Gasteiger partial charge in [-0.3, -0.25) is 5.10 Å². The number of anilines is 2. The van der Waals surface area contributed by atoms with Crippen molar-refractivity contribution in [2.75, 3.05) is 5.32 Å². The molecule has 0 saturated heterocycles. The zero-order chi connectivity index (χ0) is 14.2. The first kappa shape index (κ1) is 11.8. The van der Waals surface area contributed by atoms with Crippen molar-refractivity contribution >= 4 is 33.2 Å². The monoisotopic (exact) mass is 275 g/mol. The number of nitrogens with zero attached hydrogens (tertiary/aromatic N) is 3. The number of rotatable bonds is 2. The van der Waals surface area contributed by atoms with Crippen molar-refractivity contribution in [2.24, 2.45) is 0 Å². The van der Waals surface area contributed by atoms with Gasteiger partial charge in [0.2, 0.25) is 0 Å². The average Bonchev–Trinajstić information content (AvgIpc) is 2.98. The van der Waals surface area contributed by atoms with Crippen molar-refractivity contribution in [3.63, 3.8) is 0 Å². The second-order valence-corrected chi connectivity index (χ2v) is 4.98. The zero-order valence-electron chi connectivity index (χ0n) is 11.5. The Bertz CT molecular complexity index is 942.